The van der Waals surface area contributed by atoms with Crippen molar-refractivity contribution < 1.29 is 10.0 Å². The van der Waals surface area contributed by atoms with E-state index in [1.165, 1.54) is 10.7 Å². The summed E-state index contributed by atoms with van der Waals surface area (Å²) in [4.78, 5) is 9.83. The van der Waals surface area contributed by atoms with Crippen molar-refractivity contribution in [2.45, 2.75) is 25.5 Å². The summed E-state index contributed by atoms with van der Waals surface area (Å²) >= 11 is 0. The highest BCUT2D eigenvalue weighted by atomic mass is 16.6. The Morgan fingerprint density at radius 3 is 3.15 bits per heavy atom. The van der Waals surface area contributed by atoms with E-state index in [-0.39, 0.29) is 5.82 Å². The van der Waals surface area contributed by atoms with E-state index in [1.807, 2.05) is 0 Å². The lowest BCUT2D eigenvalue weighted by Crippen LogP contribution is -2.15. The largest absolute Gasteiger partial charge is 0.390 e. The van der Waals surface area contributed by atoms with Gasteiger partial charge >= 0.3 is 5.82 Å². The van der Waals surface area contributed by atoms with E-state index in [0.29, 0.717) is 18.7 Å². The molecule has 1 aromatic rings. The molecule has 0 amide bonds. The van der Waals surface area contributed by atoms with Gasteiger partial charge in [0.05, 0.1) is 29.5 Å². The molecule has 1 aliphatic heterocycles. The molecule has 0 aliphatic carbocycles. The van der Waals surface area contributed by atoms with Crippen molar-refractivity contribution in [2.75, 3.05) is 0 Å². The van der Waals surface area contributed by atoms with Gasteiger partial charge in [-0.05, 0) is 17.8 Å². The van der Waals surface area contributed by atoms with Crippen molar-refractivity contribution in [3.05, 3.63) is 21.9 Å². The molecule has 6 heteroatoms. The first-order valence-electron chi connectivity index (χ1n) is 4.08. The zero-order valence-corrected chi connectivity index (χ0v) is 6.88. The minimum Gasteiger partial charge on any atom is -0.387 e. The fourth-order valence-electron chi connectivity index (χ4n) is 1.54. The molecule has 6 nitrogen and oxygen atoms in total. The summed E-state index contributed by atoms with van der Waals surface area (Å²) in [5.41, 5.74) is 0.554. The van der Waals surface area contributed by atoms with Crippen molar-refractivity contribution in [3.8, 4) is 0 Å². The summed E-state index contributed by atoms with van der Waals surface area (Å²) in [7, 11) is 0. The van der Waals surface area contributed by atoms with Gasteiger partial charge in [0.2, 0.25) is 0 Å². The van der Waals surface area contributed by atoms with Crippen LogP contribution in [0.3, 0.4) is 0 Å². The van der Waals surface area contributed by atoms with Crippen LogP contribution in [0.4, 0.5) is 5.82 Å². The SMILES string of the molecule is O=[N+]([O-])c1cc2n(n1)CCCC2O. The molecule has 1 N–H and O–H groups in total. The maximum Gasteiger partial charge on any atom is 0.390 e. The van der Waals surface area contributed by atoms with E-state index in [1.54, 1.807) is 0 Å². The summed E-state index contributed by atoms with van der Waals surface area (Å²) in [5, 5.41) is 23.6. The number of rotatable bonds is 1. The Morgan fingerprint density at radius 1 is 1.77 bits per heavy atom. The molecule has 1 aromatic heterocycles. The lowest BCUT2D eigenvalue weighted by atomic mass is 10.1. The van der Waals surface area contributed by atoms with E-state index >= 15 is 0 Å². The average molecular weight is 183 g/mol. The van der Waals surface area contributed by atoms with Crippen molar-refractivity contribution in [1.29, 1.82) is 0 Å². The fourth-order valence-corrected chi connectivity index (χ4v) is 1.54. The van der Waals surface area contributed by atoms with Gasteiger partial charge in [-0.25, -0.2) is 0 Å². The number of nitro groups is 1. The summed E-state index contributed by atoms with van der Waals surface area (Å²) in [6, 6.07) is 1.34. The Hall–Kier alpha value is -1.43. The van der Waals surface area contributed by atoms with Crippen LogP contribution in [0, 0.1) is 10.1 Å². The van der Waals surface area contributed by atoms with Crippen LogP contribution < -0.4 is 0 Å². The molecular formula is C7H9N3O3. The molecule has 0 spiro atoms. The standard InChI is InChI=1S/C7H9N3O3/c11-6-2-1-3-9-5(6)4-7(8-9)10(12)13/h4,6,11H,1-3H2. The third-order valence-corrected chi connectivity index (χ3v) is 2.17. The number of aryl methyl sites for hydroxylation is 1. The Morgan fingerprint density at radius 2 is 2.54 bits per heavy atom. The Bertz CT molecular complexity index is 347. The number of hydrogen-bond donors (Lipinski definition) is 1. The summed E-state index contributed by atoms with van der Waals surface area (Å²) < 4.78 is 1.51. The van der Waals surface area contributed by atoms with Crippen molar-refractivity contribution in [3.63, 3.8) is 0 Å². The summed E-state index contributed by atoms with van der Waals surface area (Å²) in [6.45, 7) is 0.653. The lowest BCUT2D eigenvalue weighted by Gasteiger charge is -2.15. The van der Waals surface area contributed by atoms with Gasteiger partial charge in [0, 0.05) is 0 Å². The Balaban J connectivity index is 2.42. The normalized spacial score (nSPS) is 21.2. The predicted molar refractivity (Wildman–Crippen MR) is 43.1 cm³/mol. The molecule has 1 atom stereocenters. The van der Waals surface area contributed by atoms with Crippen LogP contribution in [0.2, 0.25) is 0 Å². The molecule has 0 saturated carbocycles. The maximum absolute atomic E-state index is 10.4. The number of hydrogen-bond acceptors (Lipinski definition) is 4. The monoisotopic (exact) mass is 183 g/mol. The van der Waals surface area contributed by atoms with E-state index in [9.17, 15) is 15.2 Å². The van der Waals surface area contributed by atoms with Gasteiger partial charge in [0.15, 0.2) is 0 Å². The second kappa shape index (κ2) is 2.81. The zero-order chi connectivity index (χ0) is 9.42. The van der Waals surface area contributed by atoms with Crippen LogP contribution in [-0.2, 0) is 6.54 Å². The second-order valence-corrected chi connectivity index (χ2v) is 3.07. The first kappa shape index (κ1) is 8.18. The number of fused-ring (bicyclic) bond motifs is 1. The molecule has 0 saturated heterocycles. The molecule has 0 fully saturated rings. The van der Waals surface area contributed by atoms with E-state index in [0.717, 1.165) is 6.42 Å². The molecule has 2 rings (SSSR count). The molecule has 70 valence electrons. The van der Waals surface area contributed by atoms with E-state index in [2.05, 4.69) is 5.10 Å². The molecular weight excluding hydrogens is 174 g/mol. The third-order valence-electron chi connectivity index (χ3n) is 2.17. The van der Waals surface area contributed by atoms with Gasteiger partial charge in [-0.2, -0.15) is 4.68 Å². The molecule has 0 radical (unpaired) electrons. The number of aromatic nitrogens is 2. The molecule has 1 aliphatic rings. The number of nitrogens with zero attached hydrogens (tertiary/aromatic N) is 3. The Labute approximate surface area is 73.9 Å². The minimum atomic E-state index is -0.602. The van der Waals surface area contributed by atoms with Crippen molar-refractivity contribution in [2.24, 2.45) is 0 Å². The molecule has 0 aromatic carbocycles. The predicted octanol–water partition coefficient (Wildman–Crippen LogP) is 0.618. The smallest absolute Gasteiger partial charge is 0.387 e. The summed E-state index contributed by atoms with van der Waals surface area (Å²) in [5.74, 6) is -0.184. The molecule has 2 heterocycles. The quantitative estimate of drug-likeness (QED) is 0.511. The summed E-state index contributed by atoms with van der Waals surface area (Å²) in [6.07, 6.45) is 0.866. The van der Waals surface area contributed by atoms with Crippen LogP contribution in [-0.4, -0.2) is 19.8 Å². The van der Waals surface area contributed by atoms with Gasteiger partial charge in [0.1, 0.15) is 0 Å². The third kappa shape index (κ3) is 1.29. The topological polar surface area (TPSA) is 81.2 Å². The van der Waals surface area contributed by atoms with Crippen LogP contribution >= 0.6 is 0 Å². The van der Waals surface area contributed by atoms with Gasteiger partial charge in [-0.15, -0.1) is 0 Å². The lowest BCUT2D eigenvalue weighted by molar-refractivity contribution is -0.389. The second-order valence-electron chi connectivity index (χ2n) is 3.07. The Kier molecular flexibility index (Phi) is 1.77. The van der Waals surface area contributed by atoms with Crippen molar-refractivity contribution >= 4 is 5.82 Å². The number of aliphatic hydroxyl groups is 1. The van der Waals surface area contributed by atoms with E-state index in [4.69, 9.17) is 0 Å². The first-order valence-corrected chi connectivity index (χ1v) is 4.08. The fraction of sp³-hybridized carbons (Fsp3) is 0.571. The van der Waals surface area contributed by atoms with Crippen LogP contribution in [0.25, 0.3) is 0 Å². The molecule has 0 bridgehead atoms. The van der Waals surface area contributed by atoms with Crippen LogP contribution in [0.1, 0.15) is 24.6 Å². The molecule has 1 unspecified atom stereocenters. The van der Waals surface area contributed by atoms with Gasteiger partial charge in [0.25, 0.3) is 0 Å². The van der Waals surface area contributed by atoms with Gasteiger partial charge < -0.3 is 15.2 Å². The highest BCUT2D eigenvalue weighted by Gasteiger charge is 2.26. The van der Waals surface area contributed by atoms with Crippen LogP contribution in [0.15, 0.2) is 6.07 Å². The maximum atomic E-state index is 10.4. The average Bonchev–Trinajstić information content (AvgIpc) is 2.49. The van der Waals surface area contributed by atoms with Crippen LogP contribution in [0.5, 0.6) is 0 Å². The van der Waals surface area contributed by atoms with E-state index < -0.39 is 11.0 Å². The highest BCUT2D eigenvalue weighted by Crippen LogP contribution is 2.26. The number of aliphatic hydroxyl groups excluding tert-OH is 1. The first-order chi connectivity index (χ1) is 6.18. The molecule has 13 heavy (non-hydrogen) atoms. The van der Waals surface area contributed by atoms with Gasteiger partial charge in [-0.1, -0.05) is 0 Å². The minimum absolute atomic E-state index is 0.184. The van der Waals surface area contributed by atoms with Gasteiger partial charge in [-0.3, -0.25) is 0 Å². The zero-order valence-electron chi connectivity index (χ0n) is 6.88. The highest BCUT2D eigenvalue weighted by molar-refractivity contribution is 5.24. The van der Waals surface area contributed by atoms with Crippen molar-refractivity contribution in [1.82, 2.24) is 9.78 Å².